The van der Waals surface area contributed by atoms with E-state index in [4.69, 9.17) is 31.1 Å². The fraction of sp³-hybridized carbons (Fsp3) is 0.259. The molecule has 2 aromatic carbocycles. The van der Waals surface area contributed by atoms with E-state index in [9.17, 15) is 14.3 Å². The van der Waals surface area contributed by atoms with Gasteiger partial charge in [-0.1, -0.05) is 0 Å². The second kappa shape index (κ2) is 12.9. The number of pyridine rings is 1. The Morgan fingerprint density at radius 1 is 1.24 bits per heavy atom. The van der Waals surface area contributed by atoms with Gasteiger partial charge in [-0.15, -0.1) is 11.8 Å². The molecule has 2 heterocycles. The van der Waals surface area contributed by atoms with Gasteiger partial charge in [-0.05, 0) is 50.4 Å². The summed E-state index contributed by atoms with van der Waals surface area (Å²) in [4.78, 5) is 22.6. The molecule has 3 aromatic rings. The number of carbonyl (C=O) groups is 1. The van der Waals surface area contributed by atoms with Crippen molar-refractivity contribution in [1.29, 1.82) is 5.41 Å². The van der Waals surface area contributed by atoms with E-state index in [1.807, 2.05) is 11.9 Å². The van der Waals surface area contributed by atoms with E-state index in [1.165, 1.54) is 36.0 Å². The summed E-state index contributed by atoms with van der Waals surface area (Å²) >= 11 is 1.31. The van der Waals surface area contributed by atoms with Crippen LogP contribution in [0, 0.1) is 17.0 Å². The Kier molecular flexibility index (Phi) is 9.37. The molecular weight excluding hydrogens is 558 g/mol. The smallest absolute Gasteiger partial charge is 0.323 e. The van der Waals surface area contributed by atoms with Gasteiger partial charge in [-0.2, -0.15) is 4.39 Å². The lowest BCUT2D eigenvalue weighted by molar-refractivity contribution is -0.144. The zero-order chi connectivity index (χ0) is 29.7. The highest BCUT2D eigenvalue weighted by molar-refractivity contribution is 7.99. The van der Waals surface area contributed by atoms with E-state index in [2.05, 4.69) is 9.98 Å². The molecule has 11 nitrogen and oxygen atoms in total. The molecule has 4 rings (SSSR count). The number of hydrogen-bond donors (Lipinski definition) is 4. The number of aliphatic imine (C=N–C) groups is 1. The second-order valence-corrected chi connectivity index (χ2v) is 9.96. The first-order valence-corrected chi connectivity index (χ1v) is 13.4. The number of aromatic hydroxyl groups is 1. The van der Waals surface area contributed by atoms with Crippen LogP contribution in [-0.4, -0.2) is 65.0 Å². The van der Waals surface area contributed by atoms with Gasteiger partial charge in [-0.25, -0.2) is 9.37 Å². The van der Waals surface area contributed by atoms with Crippen molar-refractivity contribution in [3.05, 3.63) is 65.4 Å². The first kappa shape index (κ1) is 29.7. The minimum atomic E-state index is -1.26. The van der Waals surface area contributed by atoms with Gasteiger partial charge in [0.15, 0.2) is 17.3 Å². The number of phenols is 1. The zero-order valence-corrected chi connectivity index (χ0v) is 23.0. The number of ether oxygens (including phenoxy) is 3. The Labute approximate surface area is 238 Å². The number of nitrogens with two attached hydrogens (primary N) is 2. The fourth-order valence-corrected chi connectivity index (χ4v) is 4.68. The molecule has 6 N–H and O–H groups in total. The lowest BCUT2D eigenvalue weighted by Crippen LogP contribution is -2.34. The summed E-state index contributed by atoms with van der Waals surface area (Å²) in [6.45, 7) is 2.47. The molecule has 0 saturated carbocycles. The van der Waals surface area contributed by atoms with Crippen LogP contribution in [0.3, 0.4) is 0 Å². The number of esters is 1. The van der Waals surface area contributed by atoms with Gasteiger partial charge in [0.25, 0.3) is 5.88 Å². The number of amidine groups is 1. The first-order valence-electron chi connectivity index (χ1n) is 12.4. The maximum Gasteiger partial charge on any atom is 0.323 e. The summed E-state index contributed by atoms with van der Waals surface area (Å²) in [6, 6.07) is 7.94. The molecule has 2 unspecified atom stereocenters. The van der Waals surface area contributed by atoms with Crippen LogP contribution < -0.4 is 20.9 Å². The second-order valence-electron chi connectivity index (χ2n) is 8.87. The number of rotatable bonds is 11. The largest absolute Gasteiger partial charge is 0.504 e. The molecule has 0 amide bonds. The topological polar surface area (TPSA) is 169 Å². The number of nitrogens with zero attached hydrogens (tertiary/aromatic N) is 3. The summed E-state index contributed by atoms with van der Waals surface area (Å²) in [5, 5.41) is 17.7. The van der Waals surface area contributed by atoms with Crippen LogP contribution in [-0.2, 0) is 9.53 Å². The van der Waals surface area contributed by atoms with Crippen molar-refractivity contribution < 1.29 is 32.9 Å². The van der Waals surface area contributed by atoms with Crippen molar-refractivity contribution in [3.8, 4) is 28.9 Å². The Balaban J connectivity index is 1.64. The summed E-state index contributed by atoms with van der Waals surface area (Å²) in [5.74, 6) is -4.87. The van der Waals surface area contributed by atoms with Crippen molar-refractivity contribution in [2.75, 3.05) is 26.0 Å². The molecule has 1 aliphatic heterocycles. The fourth-order valence-electron chi connectivity index (χ4n) is 3.80. The normalized spacial score (nSPS) is 15.5. The van der Waals surface area contributed by atoms with Crippen LogP contribution in [0.2, 0.25) is 0 Å². The number of carbonyl (C=O) groups excluding carboxylic acids is 1. The highest BCUT2D eigenvalue weighted by Crippen LogP contribution is 2.41. The number of halogens is 2. The van der Waals surface area contributed by atoms with Gasteiger partial charge in [0.2, 0.25) is 11.6 Å². The highest BCUT2D eigenvalue weighted by Gasteiger charge is 2.27. The van der Waals surface area contributed by atoms with E-state index < -0.39 is 41.4 Å². The molecule has 0 bridgehead atoms. The van der Waals surface area contributed by atoms with Gasteiger partial charge < -0.3 is 30.8 Å². The highest BCUT2D eigenvalue weighted by atomic mass is 32.2. The summed E-state index contributed by atoms with van der Waals surface area (Å²) < 4.78 is 46.5. The van der Waals surface area contributed by atoms with Crippen LogP contribution in [0.4, 0.5) is 8.78 Å². The Hall–Kier alpha value is -4.27. The van der Waals surface area contributed by atoms with Crippen LogP contribution in [0.15, 0.2) is 52.5 Å². The third-order valence-electron chi connectivity index (χ3n) is 5.90. The lowest BCUT2D eigenvalue weighted by Gasteiger charge is -2.22. The van der Waals surface area contributed by atoms with E-state index >= 15 is 4.39 Å². The lowest BCUT2D eigenvalue weighted by atomic mass is 10.1. The third kappa shape index (κ3) is 6.90. The molecule has 0 aliphatic carbocycles. The van der Waals surface area contributed by atoms with E-state index in [-0.39, 0.29) is 41.0 Å². The monoisotopic (exact) mass is 586 g/mol. The number of nitrogens with one attached hydrogen (secondary N) is 1. The van der Waals surface area contributed by atoms with Gasteiger partial charge in [0.05, 0.1) is 12.8 Å². The van der Waals surface area contributed by atoms with Crippen LogP contribution in [0.1, 0.15) is 24.2 Å². The van der Waals surface area contributed by atoms with Gasteiger partial charge in [0.1, 0.15) is 23.8 Å². The van der Waals surface area contributed by atoms with Crippen molar-refractivity contribution >= 4 is 29.8 Å². The molecular formula is C27H28F2N6O5S. The summed E-state index contributed by atoms with van der Waals surface area (Å²) in [7, 11) is 1.83. The van der Waals surface area contributed by atoms with E-state index in [0.29, 0.717) is 12.1 Å². The first-order chi connectivity index (χ1) is 19.6. The molecule has 0 saturated heterocycles. The molecule has 2 atom stereocenters. The van der Waals surface area contributed by atoms with Crippen LogP contribution >= 0.6 is 11.8 Å². The molecule has 1 aliphatic rings. The number of nitrogen functional groups attached to an aromatic ring is 1. The summed E-state index contributed by atoms with van der Waals surface area (Å²) in [5.41, 5.74) is 12.1. The van der Waals surface area contributed by atoms with Crippen LogP contribution in [0.25, 0.3) is 0 Å². The number of thioether (sulfide) groups is 1. The molecule has 216 valence electrons. The minimum Gasteiger partial charge on any atom is -0.504 e. The predicted octanol–water partition coefficient (Wildman–Crippen LogP) is 3.93. The summed E-state index contributed by atoms with van der Waals surface area (Å²) in [6.07, 6.45) is 1.94. The molecule has 14 heteroatoms. The number of aromatic nitrogens is 1. The molecule has 41 heavy (non-hydrogen) atoms. The average molecular weight is 587 g/mol. The zero-order valence-electron chi connectivity index (χ0n) is 22.1. The van der Waals surface area contributed by atoms with E-state index in [0.717, 1.165) is 11.1 Å². The third-order valence-corrected chi connectivity index (χ3v) is 7.01. The van der Waals surface area contributed by atoms with Crippen molar-refractivity contribution in [2.24, 2.45) is 16.5 Å². The number of benzene rings is 2. The van der Waals surface area contributed by atoms with Gasteiger partial charge in [0, 0.05) is 34.5 Å². The Morgan fingerprint density at radius 2 is 2.02 bits per heavy atom. The molecule has 1 aromatic heterocycles. The number of hydrogen-bond acceptors (Lipinski definition) is 11. The predicted molar refractivity (Wildman–Crippen MR) is 149 cm³/mol. The van der Waals surface area contributed by atoms with Gasteiger partial charge >= 0.3 is 5.97 Å². The molecule has 0 spiro atoms. The maximum absolute atomic E-state index is 15.5. The Bertz CT molecular complexity index is 1490. The molecule has 0 radical (unpaired) electrons. The van der Waals surface area contributed by atoms with Crippen molar-refractivity contribution in [3.63, 3.8) is 0 Å². The quantitative estimate of drug-likeness (QED) is 0.112. The van der Waals surface area contributed by atoms with Crippen molar-refractivity contribution in [1.82, 2.24) is 9.88 Å². The molecule has 0 fully saturated rings. The SMILES string of the molecule is CCOC(=O)C(N)CSc1ccc(Oc2c(F)cnc(Oc3cc(C(=N)N)ccc3O)c2F)c(C2N=CCN2C)c1. The maximum atomic E-state index is 15.5. The van der Waals surface area contributed by atoms with Crippen LogP contribution in [0.5, 0.6) is 28.9 Å². The standard InChI is InChI=1S/C27H28F2N6O5S/c1-3-38-27(37)18(30)13-41-15-5-7-20(16(11-15)25-33-8-9-35(25)2)39-23-17(28)12-34-26(22(23)29)40-21-10-14(24(31)32)4-6-19(21)36/h4-8,10-12,18,25,36H,3,9,13,30H2,1-2H3,(H3,31,32). The Morgan fingerprint density at radius 3 is 2.71 bits per heavy atom. The average Bonchev–Trinajstić information content (AvgIpc) is 3.38. The van der Waals surface area contributed by atoms with E-state index in [1.54, 1.807) is 25.3 Å². The minimum absolute atomic E-state index is 0.122. The van der Waals surface area contributed by atoms with Gasteiger partial charge in [-0.3, -0.25) is 20.1 Å². The number of phenolic OH excluding ortho intramolecular Hbond substituents is 1. The van der Waals surface area contributed by atoms with Crippen molar-refractivity contribution in [2.45, 2.75) is 24.0 Å².